The van der Waals surface area contributed by atoms with Gasteiger partial charge in [0.1, 0.15) is 23.3 Å². The molecular formula is C16H14ClF2N3O2. The molecule has 2 heterocycles. The maximum Gasteiger partial charge on any atom is 0.316 e. The lowest BCUT2D eigenvalue weighted by molar-refractivity contribution is 0.0507. The smallest absolute Gasteiger partial charge is 0.316 e. The second kappa shape index (κ2) is 7.09. The number of likely N-dealkylation sites (tertiary alicyclic amines) is 1. The molecule has 5 nitrogen and oxygen atoms in total. The molecule has 3 rings (SSSR count). The number of rotatable bonds is 3. The summed E-state index contributed by atoms with van der Waals surface area (Å²) in [6, 6.07) is 3.50. The van der Waals surface area contributed by atoms with Crippen molar-refractivity contribution in [2.24, 2.45) is 0 Å². The molecule has 1 unspecified atom stereocenters. The van der Waals surface area contributed by atoms with E-state index >= 15 is 0 Å². The predicted octanol–water partition coefficient (Wildman–Crippen LogP) is 3.09. The van der Waals surface area contributed by atoms with Crippen LogP contribution in [-0.2, 0) is 0 Å². The number of carbonyl (C=O) groups is 1. The van der Waals surface area contributed by atoms with E-state index in [1.165, 1.54) is 23.4 Å². The second-order valence-corrected chi connectivity index (χ2v) is 5.85. The number of amides is 1. The first kappa shape index (κ1) is 16.6. The third-order valence-corrected chi connectivity index (χ3v) is 3.91. The molecule has 1 aliphatic rings. The van der Waals surface area contributed by atoms with E-state index in [9.17, 15) is 13.6 Å². The fourth-order valence-corrected chi connectivity index (χ4v) is 2.69. The maximum absolute atomic E-state index is 13.8. The molecule has 1 atom stereocenters. The van der Waals surface area contributed by atoms with Crippen molar-refractivity contribution in [1.82, 2.24) is 14.9 Å². The summed E-state index contributed by atoms with van der Waals surface area (Å²) in [5, 5.41) is 0.387. The quantitative estimate of drug-likeness (QED) is 0.851. The first-order chi connectivity index (χ1) is 11.5. The van der Waals surface area contributed by atoms with Crippen LogP contribution in [0, 0.1) is 11.6 Å². The Morgan fingerprint density at radius 2 is 1.92 bits per heavy atom. The third kappa shape index (κ3) is 3.62. The van der Waals surface area contributed by atoms with E-state index in [2.05, 4.69) is 9.97 Å². The molecule has 24 heavy (non-hydrogen) atoms. The number of ether oxygens (including phenoxy) is 1. The summed E-state index contributed by atoms with van der Waals surface area (Å²) in [6.45, 7) is 0.618. The summed E-state index contributed by atoms with van der Waals surface area (Å²) in [4.78, 5) is 21.7. The minimum Gasteiger partial charge on any atom is -0.458 e. The van der Waals surface area contributed by atoms with E-state index < -0.39 is 23.1 Å². The van der Waals surface area contributed by atoms with E-state index in [1.807, 2.05) is 0 Å². The summed E-state index contributed by atoms with van der Waals surface area (Å²) in [6.07, 6.45) is 3.81. The number of hydrogen-bond acceptors (Lipinski definition) is 4. The average molecular weight is 354 g/mol. The van der Waals surface area contributed by atoms with Gasteiger partial charge < -0.3 is 9.64 Å². The highest BCUT2D eigenvalue weighted by Gasteiger charge is 2.29. The van der Waals surface area contributed by atoms with Gasteiger partial charge >= 0.3 is 6.01 Å². The minimum atomic E-state index is -0.871. The number of piperidine rings is 1. The lowest BCUT2D eigenvalue weighted by Crippen LogP contribution is -2.45. The zero-order valence-corrected chi connectivity index (χ0v) is 13.3. The Morgan fingerprint density at radius 3 is 2.58 bits per heavy atom. The average Bonchev–Trinajstić information content (AvgIpc) is 2.57. The second-order valence-electron chi connectivity index (χ2n) is 5.41. The Morgan fingerprint density at radius 1 is 1.25 bits per heavy atom. The van der Waals surface area contributed by atoms with Crippen LogP contribution in [0.25, 0.3) is 0 Å². The molecule has 1 aromatic heterocycles. The summed E-state index contributed by atoms with van der Waals surface area (Å²) in [5.41, 5.74) is -0.541. The Balaban J connectivity index is 1.71. The molecule has 0 N–H and O–H groups in total. The molecule has 0 bridgehead atoms. The summed E-state index contributed by atoms with van der Waals surface area (Å²) >= 11 is 5.71. The van der Waals surface area contributed by atoms with Crippen LogP contribution in [-0.4, -0.2) is 40.0 Å². The van der Waals surface area contributed by atoms with Gasteiger partial charge in [0, 0.05) is 6.54 Å². The van der Waals surface area contributed by atoms with Gasteiger partial charge in [-0.1, -0.05) is 17.7 Å². The van der Waals surface area contributed by atoms with E-state index in [0.29, 0.717) is 24.4 Å². The van der Waals surface area contributed by atoms with Crippen molar-refractivity contribution in [1.29, 1.82) is 0 Å². The fourth-order valence-electron chi connectivity index (χ4n) is 2.59. The molecule has 126 valence electrons. The van der Waals surface area contributed by atoms with Crippen LogP contribution in [0.15, 0.2) is 30.6 Å². The van der Waals surface area contributed by atoms with Gasteiger partial charge in [-0.15, -0.1) is 0 Å². The Labute approximate surface area is 142 Å². The highest BCUT2D eigenvalue weighted by molar-refractivity contribution is 6.30. The monoisotopic (exact) mass is 353 g/mol. The van der Waals surface area contributed by atoms with E-state index in [0.717, 1.165) is 12.1 Å². The molecule has 2 aromatic rings. The molecule has 0 spiro atoms. The van der Waals surface area contributed by atoms with Crippen molar-refractivity contribution in [2.75, 3.05) is 13.1 Å². The number of halogens is 3. The number of aromatic nitrogens is 2. The number of carbonyl (C=O) groups excluding carboxylic acids is 1. The fraction of sp³-hybridized carbons (Fsp3) is 0.312. The molecule has 8 heteroatoms. The highest BCUT2D eigenvalue weighted by atomic mass is 35.5. The van der Waals surface area contributed by atoms with Gasteiger partial charge in [0.2, 0.25) is 0 Å². The molecule has 0 aliphatic carbocycles. The van der Waals surface area contributed by atoms with Gasteiger partial charge in [-0.2, -0.15) is 0 Å². The standard InChI is InChI=1S/C16H14ClF2N3O2/c17-10-7-20-16(21-8-10)24-11-3-2-6-22(9-11)15(23)14-12(18)4-1-5-13(14)19/h1,4-5,7-8,11H,2-3,6,9H2. The van der Waals surface area contributed by atoms with Crippen LogP contribution in [0.4, 0.5) is 8.78 Å². The molecule has 1 fully saturated rings. The first-order valence-corrected chi connectivity index (χ1v) is 7.80. The molecule has 1 aromatic carbocycles. The van der Waals surface area contributed by atoms with Crippen molar-refractivity contribution in [3.63, 3.8) is 0 Å². The summed E-state index contributed by atoms with van der Waals surface area (Å²) < 4.78 is 33.2. The number of benzene rings is 1. The summed E-state index contributed by atoms with van der Waals surface area (Å²) in [5.74, 6) is -2.43. The Bertz CT molecular complexity index is 722. The summed E-state index contributed by atoms with van der Waals surface area (Å²) in [7, 11) is 0. The van der Waals surface area contributed by atoms with Crippen LogP contribution >= 0.6 is 11.6 Å². The molecule has 1 aliphatic heterocycles. The van der Waals surface area contributed by atoms with Crippen LogP contribution in [0.2, 0.25) is 5.02 Å². The lowest BCUT2D eigenvalue weighted by atomic mass is 10.1. The van der Waals surface area contributed by atoms with E-state index in [-0.39, 0.29) is 18.7 Å². The molecular weight excluding hydrogens is 340 g/mol. The van der Waals surface area contributed by atoms with Gasteiger partial charge in [0.05, 0.1) is 24.0 Å². The Kier molecular flexibility index (Phi) is 4.89. The van der Waals surface area contributed by atoms with Crippen LogP contribution in [0.1, 0.15) is 23.2 Å². The van der Waals surface area contributed by atoms with Gasteiger partial charge in [0.15, 0.2) is 0 Å². The van der Waals surface area contributed by atoms with Gasteiger partial charge in [-0.3, -0.25) is 4.79 Å². The van der Waals surface area contributed by atoms with Crippen molar-refractivity contribution in [3.8, 4) is 6.01 Å². The van der Waals surface area contributed by atoms with E-state index in [4.69, 9.17) is 16.3 Å². The third-order valence-electron chi connectivity index (χ3n) is 3.71. The number of hydrogen-bond donors (Lipinski definition) is 0. The van der Waals surface area contributed by atoms with Crippen molar-refractivity contribution in [2.45, 2.75) is 18.9 Å². The van der Waals surface area contributed by atoms with Gasteiger partial charge in [-0.25, -0.2) is 18.7 Å². The van der Waals surface area contributed by atoms with Crippen molar-refractivity contribution in [3.05, 3.63) is 52.8 Å². The van der Waals surface area contributed by atoms with Crippen LogP contribution < -0.4 is 4.74 Å². The maximum atomic E-state index is 13.8. The van der Waals surface area contributed by atoms with E-state index in [1.54, 1.807) is 0 Å². The SMILES string of the molecule is O=C(c1c(F)cccc1F)N1CCCC(Oc2ncc(Cl)cn2)C1. The van der Waals surface area contributed by atoms with Gasteiger partial charge in [-0.05, 0) is 25.0 Å². The first-order valence-electron chi connectivity index (χ1n) is 7.42. The number of nitrogens with zero attached hydrogens (tertiary/aromatic N) is 3. The molecule has 1 amide bonds. The van der Waals surface area contributed by atoms with Gasteiger partial charge in [0.25, 0.3) is 5.91 Å². The van der Waals surface area contributed by atoms with Crippen LogP contribution in [0.5, 0.6) is 6.01 Å². The topological polar surface area (TPSA) is 55.3 Å². The molecule has 0 saturated carbocycles. The zero-order valence-electron chi connectivity index (χ0n) is 12.6. The molecule has 0 radical (unpaired) electrons. The zero-order chi connectivity index (χ0) is 17.1. The van der Waals surface area contributed by atoms with Crippen LogP contribution in [0.3, 0.4) is 0 Å². The molecule has 1 saturated heterocycles. The largest absolute Gasteiger partial charge is 0.458 e. The Hall–Kier alpha value is -2.28. The minimum absolute atomic E-state index is 0.149. The lowest BCUT2D eigenvalue weighted by Gasteiger charge is -2.32. The highest BCUT2D eigenvalue weighted by Crippen LogP contribution is 2.20. The normalized spacial score (nSPS) is 17.6. The predicted molar refractivity (Wildman–Crippen MR) is 83.0 cm³/mol. The van der Waals surface area contributed by atoms with Crippen molar-refractivity contribution >= 4 is 17.5 Å². The van der Waals surface area contributed by atoms with Crippen molar-refractivity contribution < 1.29 is 18.3 Å².